The highest BCUT2D eigenvalue weighted by molar-refractivity contribution is 6.01. The van der Waals surface area contributed by atoms with Gasteiger partial charge in [0.1, 0.15) is 0 Å². The average molecular weight is 257 g/mol. The van der Waals surface area contributed by atoms with Crippen molar-refractivity contribution in [3.63, 3.8) is 0 Å². The summed E-state index contributed by atoms with van der Waals surface area (Å²) in [5, 5.41) is 0. The minimum absolute atomic E-state index is 0.00535. The van der Waals surface area contributed by atoms with Crippen LogP contribution in [0.15, 0.2) is 36.4 Å². The van der Waals surface area contributed by atoms with Gasteiger partial charge in [0.05, 0.1) is 0 Å². The fourth-order valence-electron chi connectivity index (χ4n) is 2.05. The van der Waals surface area contributed by atoms with Crippen LogP contribution in [0.2, 0.25) is 0 Å². The number of carbonyl (C=O) groups excluding carboxylic acids is 2. The number of carbonyl (C=O) groups is 1. The Morgan fingerprint density at radius 1 is 1.21 bits per heavy atom. The second kappa shape index (κ2) is 7.03. The summed E-state index contributed by atoms with van der Waals surface area (Å²) in [6, 6.07) is 8.10. The monoisotopic (exact) mass is 257 g/mol. The third-order valence-corrected chi connectivity index (χ3v) is 3.15. The van der Waals surface area contributed by atoms with Crippen molar-refractivity contribution in [2.45, 2.75) is 39.5 Å². The first-order valence-corrected chi connectivity index (χ1v) is 6.61. The molecule has 1 rings (SSSR count). The van der Waals surface area contributed by atoms with E-state index in [4.69, 9.17) is 0 Å². The Labute approximate surface area is 115 Å². The van der Waals surface area contributed by atoms with Crippen LogP contribution in [0.5, 0.6) is 0 Å². The molecule has 1 radical (unpaired) electrons. The molecule has 0 aromatic heterocycles. The molecule has 1 unspecified atom stereocenters. The highest BCUT2D eigenvalue weighted by Crippen LogP contribution is 2.21. The number of hydrogen-bond acceptors (Lipinski definition) is 2. The third kappa shape index (κ3) is 4.47. The predicted octanol–water partition coefficient (Wildman–Crippen LogP) is 3.61. The van der Waals surface area contributed by atoms with E-state index < -0.39 is 0 Å². The van der Waals surface area contributed by atoms with Crippen molar-refractivity contribution in [3.8, 4) is 0 Å². The summed E-state index contributed by atoms with van der Waals surface area (Å²) in [6.07, 6.45) is 2.75. The molecule has 2 heteroatoms. The second-order valence-corrected chi connectivity index (χ2v) is 5.35. The van der Waals surface area contributed by atoms with E-state index in [0.29, 0.717) is 11.5 Å². The molecule has 0 saturated heterocycles. The largest absolute Gasteiger partial charge is 0.294 e. The Morgan fingerprint density at radius 3 is 2.26 bits per heavy atom. The third-order valence-electron chi connectivity index (χ3n) is 3.15. The maximum atomic E-state index is 12.0. The van der Waals surface area contributed by atoms with Crippen molar-refractivity contribution in [2.75, 3.05) is 0 Å². The molecular weight excluding hydrogens is 236 g/mol. The Balaban J connectivity index is 2.77. The van der Waals surface area contributed by atoms with Gasteiger partial charge in [-0.25, -0.2) is 0 Å². The molecular formula is C17H21O2. The van der Waals surface area contributed by atoms with Crippen LogP contribution in [0.4, 0.5) is 0 Å². The van der Waals surface area contributed by atoms with Gasteiger partial charge in [0.2, 0.25) is 6.29 Å². The second-order valence-electron chi connectivity index (χ2n) is 5.35. The van der Waals surface area contributed by atoms with Gasteiger partial charge in [0.15, 0.2) is 5.78 Å². The minimum Gasteiger partial charge on any atom is -0.294 e. The summed E-state index contributed by atoms with van der Waals surface area (Å²) in [6.45, 7) is 9.84. The number of allylic oxidation sites excluding steroid dienone is 1. The molecule has 0 bridgehead atoms. The molecule has 19 heavy (non-hydrogen) atoms. The maximum absolute atomic E-state index is 12.0. The average Bonchev–Trinajstić information content (AvgIpc) is 2.37. The zero-order chi connectivity index (χ0) is 14.4. The van der Waals surface area contributed by atoms with Gasteiger partial charge < -0.3 is 0 Å². The lowest BCUT2D eigenvalue weighted by molar-refractivity contribution is -0.116. The Bertz CT molecular complexity index is 455. The maximum Gasteiger partial charge on any atom is 0.203 e. The van der Waals surface area contributed by atoms with E-state index in [1.165, 1.54) is 5.56 Å². The molecule has 1 aromatic rings. The topological polar surface area (TPSA) is 34.1 Å². The van der Waals surface area contributed by atoms with E-state index in [0.717, 1.165) is 12.0 Å². The SMILES string of the molecule is C=C(C[C]=O)C(=O)C(C)c1ccc(CC(C)C)cc1. The van der Waals surface area contributed by atoms with E-state index in [9.17, 15) is 9.59 Å². The first-order chi connectivity index (χ1) is 8.95. The number of benzene rings is 1. The van der Waals surface area contributed by atoms with Crippen molar-refractivity contribution >= 4 is 12.1 Å². The van der Waals surface area contributed by atoms with Gasteiger partial charge in [-0.3, -0.25) is 9.59 Å². The molecule has 0 aliphatic heterocycles. The summed E-state index contributed by atoms with van der Waals surface area (Å²) in [5.41, 5.74) is 2.57. The molecule has 1 atom stereocenters. The molecule has 0 heterocycles. The van der Waals surface area contributed by atoms with E-state index in [2.05, 4.69) is 32.6 Å². The van der Waals surface area contributed by atoms with Gasteiger partial charge in [-0.2, -0.15) is 0 Å². The fourth-order valence-corrected chi connectivity index (χ4v) is 2.05. The molecule has 0 saturated carbocycles. The fraction of sp³-hybridized carbons (Fsp3) is 0.412. The summed E-state index contributed by atoms with van der Waals surface area (Å²) in [4.78, 5) is 22.3. The van der Waals surface area contributed by atoms with Crippen LogP contribution in [0.3, 0.4) is 0 Å². The van der Waals surface area contributed by atoms with Gasteiger partial charge in [0.25, 0.3) is 0 Å². The van der Waals surface area contributed by atoms with Crippen molar-refractivity contribution in [2.24, 2.45) is 5.92 Å². The zero-order valence-electron chi connectivity index (χ0n) is 11.9. The van der Waals surface area contributed by atoms with Crippen LogP contribution in [0.1, 0.15) is 44.2 Å². The lowest BCUT2D eigenvalue weighted by atomic mass is 9.90. The number of rotatable bonds is 7. The van der Waals surface area contributed by atoms with Gasteiger partial charge in [-0.05, 0) is 29.0 Å². The van der Waals surface area contributed by atoms with E-state index in [-0.39, 0.29) is 18.1 Å². The molecule has 0 aliphatic rings. The number of ketones is 1. The number of hydrogen-bond donors (Lipinski definition) is 0. The first-order valence-electron chi connectivity index (χ1n) is 6.61. The van der Waals surface area contributed by atoms with Crippen molar-refractivity contribution < 1.29 is 9.59 Å². The number of Topliss-reactive ketones (excluding diaryl/α,β-unsaturated/α-hetero) is 1. The predicted molar refractivity (Wildman–Crippen MR) is 77.9 cm³/mol. The summed E-state index contributed by atoms with van der Waals surface area (Å²) < 4.78 is 0. The van der Waals surface area contributed by atoms with Crippen LogP contribution in [-0.2, 0) is 16.0 Å². The van der Waals surface area contributed by atoms with Crippen LogP contribution < -0.4 is 0 Å². The highest BCUT2D eigenvalue weighted by atomic mass is 16.1. The van der Waals surface area contributed by atoms with Gasteiger partial charge in [0, 0.05) is 12.3 Å². The quantitative estimate of drug-likeness (QED) is 0.699. The van der Waals surface area contributed by atoms with Gasteiger partial charge >= 0.3 is 0 Å². The normalized spacial score (nSPS) is 12.2. The Kier molecular flexibility index (Phi) is 5.68. The molecule has 2 nitrogen and oxygen atoms in total. The van der Waals surface area contributed by atoms with Crippen LogP contribution in [-0.4, -0.2) is 12.1 Å². The van der Waals surface area contributed by atoms with Gasteiger partial charge in [-0.15, -0.1) is 0 Å². The highest BCUT2D eigenvalue weighted by Gasteiger charge is 2.17. The molecule has 101 valence electrons. The molecule has 0 amide bonds. The summed E-state index contributed by atoms with van der Waals surface area (Å²) in [5.74, 6) is 0.279. The summed E-state index contributed by atoms with van der Waals surface area (Å²) >= 11 is 0. The Hall–Kier alpha value is -1.70. The lowest BCUT2D eigenvalue weighted by Gasteiger charge is -2.12. The van der Waals surface area contributed by atoms with Crippen molar-refractivity contribution in [3.05, 3.63) is 47.5 Å². The zero-order valence-corrected chi connectivity index (χ0v) is 11.9. The molecule has 1 aromatic carbocycles. The minimum atomic E-state index is -0.256. The Morgan fingerprint density at radius 2 is 1.79 bits per heavy atom. The molecule has 0 N–H and O–H groups in total. The molecule has 0 fully saturated rings. The van der Waals surface area contributed by atoms with Gasteiger partial charge in [-0.1, -0.05) is 51.6 Å². The first kappa shape index (κ1) is 15.4. The smallest absolute Gasteiger partial charge is 0.203 e. The van der Waals surface area contributed by atoms with E-state index in [1.807, 2.05) is 19.1 Å². The van der Waals surface area contributed by atoms with E-state index >= 15 is 0 Å². The lowest BCUT2D eigenvalue weighted by Crippen LogP contribution is -2.11. The molecule has 0 spiro atoms. The summed E-state index contributed by atoms with van der Waals surface area (Å²) in [7, 11) is 0. The van der Waals surface area contributed by atoms with Crippen LogP contribution >= 0.6 is 0 Å². The standard InChI is InChI=1S/C17H21O2/c1-12(2)11-15-5-7-16(8-6-15)14(4)17(19)13(3)9-10-18/h5-8,12,14H,3,9,11H2,1-2,4H3. The van der Waals surface area contributed by atoms with Crippen molar-refractivity contribution in [1.82, 2.24) is 0 Å². The van der Waals surface area contributed by atoms with Crippen molar-refractivity contribution in [1.29, 1.82) is 0 Å². The molecule has 0 aliphatic carbocycles. The van der Waals surface area contributed by atoms with E-state index in [1.54, 1.807) is 6.29 Å². The van der Waals surface area contributed by atoms with Crippen LogP contribution in [0, 0.1) is 5.92 Å². The van der Waals surface area contributed by atoms with Crippen LogP contribution in [0.25, 0.3) is 0 Å².